The molecular formula is C16H20N4O4. The second-order valence-corrected chi connectivity index (χ2v) is 4.74. The number of methoxy groups -OCH3 is 3. The minimum Gasteiger partial charge on any atom is -0.497 e. The Bertz CT molecular complexity index is 676. The summed E-state index contributed by atoms with van der Waals surface area (Å²) in [7, 11) is 4.72. The summed E-state index contributed by atoms with van der Waals surface area (Å²) in [6.45, 7) is 0.857. The highest BCUT2D eigenvalue weighted by Gasteiger charge is 2.09. The Morgan fingerprint density at radius 2 is 1.92 bits per heavy atom. The molecule has 1 amide bonds. The molecule has 0 fully saturated rings. The minimum atomic E-state index is -0.298. The molecule has 0 saturated carbocycles. The number of carbonyl (C=O) groups is 1. The SMILES string of the molecule is COCCNC(=O)c1ccc(Nc2ccc(OC)cc2OC)nn1. The van der Waals surface area contributed by atoms with Crippen LogP contribution in [0.4, 0.5) is 11.5 Å². The van der Waals surface area contributed by atoms with Crippen LogP contribution in [-0.4, -0.2) is 50.6 Å². The number of rotatable bonds is 8. The maximum atomic E-state index is 11.8. The monoisotopic (exact) mass is 332 g/mol. The standard InChI is InChI=1S/C16H20N4O4/c1-22-9-8-17-16(21)13-6-7-15(20-19-13)18-12-5-4-11(23-2)10-14(12)24-3/h4-7,10H,8-9H2,1-3H3,(H,17,21)(H,18,20). The predicted molar refractivity (Wildman–Crippen MR) is 89.1 cm³/mol. The Balaban J connectivity index is 2.05. The summed E-state index contributed by atoms with van der Waals surface area (Å²) in [4.78, 5) is 11.8. The highest BCUT2D eigenvalue weighted by molar-refractivity contribution is 5.92. The summed E-state index contributed by atoms with van der Waals surface area (Å²) < 4.78 is 15.3. The third kappa shape index (κ3) is 4.56. The molecule has 2 rings (SSSR count). The van der Waals surface area contributed by atoms with Crippen molar-refractivity contribution >= 4 is 17.4 Å². The fourth-order valence-corrected chi connectivity index (χ4v) is 1.92. The highest BCUT2D eigenvalue weighted by atomic mass is 16.5. The number of aromatic nitrogens is 2. The van der Waals surface area contributed by atoms with Crippen molar-refractivity contribution in [1.82, 2.24) is 15.5 Å². The van der Waals surface area contributed by atoms with E-state index in [-0.39, 0.29) is 11.6 Å². The predicted octanol–water partition coefficient (Wildman–Crippen LogP) is 1.61. The van der Waals surface area contributed by atoms with E-state index in [1.54, 1.807) is 45.6 Å². The quantitative estimate of drug-likeness (QED) is 0.709. The normalized spacial score (nSPS) is 10.1. The van der Waals surface area contributed by atoms with Crippen molar-refractivity contribution in [3.05, 3.63) is 36.0 Å². The molecule has 0 aliphatic rings. The van der Waals surface area contributed by atoms with Gasteiger partial charge in [0.05, 0.1) is 26.5 Å². The van der Waals surface area contributed by atoms with Crippen LogP contribution >= 0.6 is 0 Å². The van der Waals surface area contributed by atoms with Crippen molar-refractivity contribution in [2.24, 2.45) is 0 Å². The zero-order valence-corrected chi connectivity index (χ0v) is 13.8. The van der Waals surface area contributed by atoms with Gasteiger partial charge in [0.25, 0.3) is 5.91 Å². The zero-order valence-electron chi connectivity index (χ0n) is 13.8. The Labute approximate surface area is 140 Å². The number of benzene rings is 1. The van der Waals surface area contributed by atoms with E-state index in [2.05, 4.69) is 20.8 Å². The summed E-state index contributed by atoms with van der Waals surface area (Å²) in [5.41, 5.74) is 0.947. The van der Waals surface area contributed by atoms with E-state index in [0.717, 1.165) is 0 Å². The lowest BCUT2D eigenvalue weighted by molar-refractivity contribution is 0.0931. The van der Waals surface area contributed by atoms with Crippen LogP contribution in [0.1, 0.15) is 10.5 Å². The lowest BCUT2D eigenvalue weighted by Gasteiger charge is -2.11. The van der Waals surface area contributed by atoms with Crippen LogP contribution in [0.15, 0.2) is 30.3 Å². The van der Waals surface area contributed by atoms with Gasteiger partial charge in [0.2, 0.25) is 0 Å². The fourth-order valence-electron chi connectivity index (χ4n) is 1.92. The molecule has 8 heteroatoms. The van der Waals surface area contributed by atoms with Gasteiger partial charge in [0.1, 0.15) is 11.5 Å². The number of nitrogens with zero attached hydrogens (tertiary/aromatic N) is 2. The molecule has 0 aliphatic carbocycles. The largest absolute Gasteiger partial charge is 0.497 e. The third-order valence-electron chi connectivity index (χ3n) is 3.16. The molecule has 1 aromatic heterocycles. The number of anilines is 2. The maximum Gasteiger partial charge on any atom is 0.271 e. The lowest BCUT2D eigenvalue weighted by Crippen LogP contribution is -2.27. The average molecular weight is 332 g/mol. The van der Waals surface area contributed by atoms with Crippen molar-refractivity contribution in [2.45, 2.75) is 0 Å². The van der Waals surface area contributed by atoms with E-state index in [1.807, 2.05) is 6.07 Å². The van der Waals surface area contributed by atoms with E-state index in [4.69, 9.17) is 14.2 Å². The first-order valence-electron chi connectivity index (χ1n) is 7.28. The van der Waals surface area contributed by atoms with Crippen molar-refractivity contribution in [3.8, 4) is 11.5 Å². The van der Waals surface area contributed by atoms with Gasteiger partial charge in [-0.05, 0) is 24.3 Å². The van der Waals surface area contributed by atoms with Gasteiger partial charge in [-0.25, -0.2) is 0 Å². The number of carbonyl (C=O) groups excluding carboxylic acids is 1. The van der Waals surface area contributed by atoms with Crippen molar-refractivity contribution in [3.63, 3.8) is 0 Å². The molecule has 0 unspecified atom stereocenters. The van der Waals surface area contributed by atoms with Crippen LogP contribution in [-0.2, 0) is 4.74 Å². The van der Waals surface area contributed by atoms with Crippen LogP contribution in [0, 0.1) is 0 Å². The second kappa shape index (κ2) is 8.68. The van der Waals surface area contributed by atoms with Crippen molar-refractivity contribution in [1.29, 1.82) is 0 Å². The first-order chi connectivity index (χ1) is 11.7. The van der Waals surface area contributed by atoms with Gasteiger partial charge in [-0.2, -0.15) is 0 Å². The van der Waals surface area contributed by atoms with E-state index < -0.39 is 0 Å². The first-order valence-corrected chi connectivity index (χ1v) is 7.28. The van der Waals surface area contributed by atoms with Crippen LogP contribution in [0.2, 0.25) is 0 Å². The molecule has 8 nitrogen and oxygen atoms in total. The van der Waals surface area contributed by atoms with Crippen LogP contribution in [0.25, 0.3) is 0 Å². The van der Waals surface area contributed by atoms with Gasteiger partial charge >= 0.3 is 0 Å². The van der Waals surface area contributed by atoms with Crippen molar-refractivity contribution in [2.75, 3.05) is 39.8 Å². The molecule has 2 aromatic rings. The lowest BCUT2D eigenvalue weighted by atomic mass is 10.2. The van der Waals surface area contributed by atoms with Gasteiger partial charge in [-0.3, -0.25) is 4.79 Å². The molecule has 0 saturated heterocycles. The van der Waals surface area contributed by atoms with E-state index in [1.165, 1.54) is 0 Å². The molecule has 1 heterocycles. The average Bonchev–Trinajstić information content (AvgIpc) is 2.62. The molecule has 0 aliphatic heterocycles. The van der Waals surface area contributed by atoms with Crippen LogP contribution < -0.4 is 20.1 Å². The fraction of sp³-hybridized carbons (Fsp3) is 0.312. The number of nitrogens with one attached hydrogen (secondary N) is 2. The molecule has 2 N–H and O–H groups in total. The molecular weight excluding hydrogens is 312 g/mol. The molecule has 0 bridgehead atoms. The number of ether oxygens (including phenoxy) is 3. The second-order valence-electron chi connectivity index (χ2n) is 4.74. The summed E-state index contributed by atoms with van der Waals surface area (Å²) in [5, 5.41) is 13.7. The highest BCUT2D eigenvalue weighted by Crippen LogP contribution is 2.30. The molecule has 1 aromatic carbocycles. The number of hydrogen-bond acceptors (Lipinski definition) is 7. The summed E-state index contributed by atoms with van der Waals surface area (Å²) >= 11 is 0. The Kier molecular flexibility index (Phi) is 6.32. The molecule has 0 spiro atoms. The van der Waals surface area contributed by atoms with Gasteiger partial charge < -0.3 is 24.8 Å². The Hall–Kier alpha value is -2.87. The molecule has 128 valence electrons. The van der Waals surface area contributed by atoms with Gasteiger partial charge in [-0.15, -0.1) is 10.2 Å². The maximum absolute atomic E-state index is 11.8. The smallest absolute Gasteiger partial charge is 0.271 e. The third-order valence-corrected chi connectivity index (χ3v) is 3.16. The van der Waals surface area contributed by atoms with E-state index >= 15 is 0 Å². The van der Waals surface area contributed by atoms with Crippen molar-refractivity contribution < 1.29 is 19.0 Å². The molecule has 0 atom stereocenters. The van der Waals surface area contributed by atoms with Gasteiger partial charge in [-0.1, -0.05) is 0 Å². The minimum absolute atomic E-state index is 0.235. The van der Waals surface area contributed by atoms with Crippen LogP contribution in [0.3, 0.4) is 0 Å². The van der Waals surface area contributed by atoms with E-state index in [9.17, 15) is 4.79 Å². The summed E-state index contributed by atoms with van der Waals surface area (Å²) in [6, 6.07) is 8.63. The zero-order chi connectivity index (χ0) is 17.4. The molecule has 24 heavy (non-hydrogen) atoms. The topological polar surface area (TPSA) is 94.6 Å². The van der Waals surface area contributed by atoms with Crippen LogP contribution in [0.5, 0.6) is 11.5 Å². The molecule has 0 radical (unpaired) electrons. The number of amides is 1. The number of hydrogen-bond donors (Lipinski definition) is 2. The van der Waals surface area contributed by atoms with E-state index in [0.29, 0.717) is 36.2 Å². The summed E-state index contributed by atoms with van der Waals surface area (Å²) in [5.74, 6) is 1.49. The Morgan fingerprint density at radius 3 is 2.54 bits per heavy atom. The first kappa shape index (κ1) is 17.5. The summed E-state index contributed by atoms with van der Waals surface area (Å²) in [6.07, 6.45) is 0. The van der Waals surface area contributed by atoms with Gasteiger partial charge in [0.15, 0.2) is 11.5 Å². The Morgan fingerprint density at radius 1 is 1.08 bits per heavy atom. The van der Waals surface area contributed by atoms with Gasteiger partial charge in [0, 0.05) is 19.7 Å².